The van der Waals surface area contributed by atoms with Gasteiger partial charge in [0.05, 0.1) is 4.91 Å². The van der Waals surface area contributed by atoms with Crippen molar-refractivity contribution in [3.05, 3.63) is 93.9 Å². The van der Waals surface area contributed by atoms with Gasteiger partial charge in [0.25, 0.3) is 17.1 Å². The van der Waals surface area contributed by atoms with Crippen molar-refractivity contribution in [2.75, 3.05) is 23.8 Å². The number of amides is 4. The molecule has 2 N–H and O–H groups in total. The first-order valence-electron chi connectivity index (χ1n) is 11.9. The lowest BCUT2D eigenvalue weighted by Gasteiger charge is -2.12. The minimum atomic E-state index is -0.526. The van der Waals surface area contributed by atoms with Crippen molar-refractivity contribution < 1.29 is 23.9 Å². The number of anilines is 2. The molecule has 0 spiro atoms. The highest BCUT2D eigenvalue weighted by molar-refractivity contribution is 8.18. The second kappa shape index (κ2) is 11.8. The van der Waals surface area contributed by atoms with E-state index >= 15 is 0 Å². The molecule has 4 rings (SSSR count). The van der Waals surface area contributed by atoms with Crippen LogP contribution in [0.15, 0.2) is 71.6 Å². The van der Waals surface area contributed by atoms with Crippen LogP contribution in [0.25, 0.3) is 6.08 Å². The van der Waals surface area contributed by atoms with E-state index in [1.54, 1.807) is 42.5 Å². The smallest absolute Gasteiger partial charge is 0.294 e. The van der Waals surface area contributed by atoms with Crippen molar-refractivity contribution in [2.45, 2.75) is 20.8 Å². The monoisotopic (exact) mass is 529 g/mol. The van der Waals surface area contributed by atoms with Crippen molar-refractivity contribution in [1.82, 2.24) is 4.90 Å². The number of hydrogen-bond donors (Lipinski definition) is 2. The summed E-state index contributed by atoms with van der Waals surface area (Å²) in [6, 6.07) is 19.7. The van der Waals surface area contributed by atoms with E-state index in [0.717, 1.165) is 33.4 Å². The zero-order chi connectivity index (χ0) is 27.2. The minimum Gasteiger partial charge on any atom is -0.484 e. The summed E-state index contributed by atoms with van der Waals surface area (Å²) in [5.41, 5.74) is 5.26. The Balaban J connectivity index is 1.30. The average molecular weight is 530 g/mol. The molecule has 194 valence electrons. The number of ether oxygens (including phenoxy) is 1. The molecule has 3 aromatic carbocycles. The predicted octanol–water partition coefficient (Wildman–Crippen LogP) is 5.30. The van der Waals surface area contributed by atoms with Gasteiger partial charge in [0.1, 0.15) is 12.3 Å². The molecule has 0 saturated carbocycles. The summed E-state index contributed by atoms with van der Waals surface area (Å²) in [6.45, 7) is 5.40. The van der Waals surface area contributed by atoms with E-state index in [1.807, 2.05) is 51.1 Å². The Morgan fingerprint density at radius 3 is 2.18 bits per heavy atom. The van der Waals surface area contributed by atoms with Crippen LogP contribution in [0.4, 0.5) is 16.2 Å². The van der Waals surface area contributed by atoms with E-state index < -0.39 is 17.1 Å². The Bertz CT molecular complexity index is 1420. The van der Waals surface area contributed by atoms with Crippen molar-refractivity contribution in [2.24, 2.45) is 0 Å². The molecule has 1 fully saturated rings. The molecular formula is C29H27N3O5S. The largest absolute Gasteiger partial charge is 0.484 e. The van der Waals surface area contributed by atoms with Crippen LogP contribution in [0.5, 0.6) is 5.75 Å². The summed E-state index contributed by atoms with van der Waals surface area (Å²) in [5, 5.41) is 4.99. The maximum atomic E-state index is 12.8. The molecule has 4 amide bonds. The van der Waals surface area contributed by atoms with E-state index in [2.05, 4.69) is 10.6 Å². The summed E-state index contributed by atoms with van der Waals surface area (Å²) in [7, 11) is 0. The number of thioether (sulfide) groups is 1. The third kappa shape index (κ3) is 6.89. The van der Waals surface area contributed by atoms with Gasteiger partial charge in [0.15, 0.2) is 6.61 Å². The van der Waals surface area contributed by atoms with Gasteiger partial charge in [-0.2, -0.15) is 0 Å². The third-order valence-electron chi connectivity index (χ3n) is 5.85. The van der Waals surface area contributed by atoms with Crippen LogP contribution in [0.3, 0.4) is 0 Å². The number of imide groups is 1. The molecule has 1 aliphatic heterocycles. The minimum absolute atomic E-state index is 0.157. The molecule has 1 saturated heterocycles. The van der Waals surface area contributed by atoms with Crippen molar-refractivity contribution in [3.63, 3.8) is 0 Å². The standard InChI is InChI=1S/C29H27N3O5S/c1-18-4-9-22(10-5-18)30-26(33)16-32-28(35)25(38-29(32)36)15-21-7-12-24(13-8-21)37-17-27(34)31-23-11-6-19(2)20(3)14-23/h4-15H,16-17H2,1-3H3,(H,30,33)(H,31,34)/b25-15-. The van der Waals surface area contributed by atoms with E-state index in [0.29, 0.717) is 22.7 Å². The fourth-order valence-electron chi connectivity index (χ4n) is 3.59. The van der Waals surface area contributed by atoms with E-state index in [9.17, 15) is 19.2 Å². The SMILES string of the molecule is Cc1ccc(NC(=O)CN2C(=O)S/C(=C\c3ccc(OCC(=O)Nc4ccc(C)c(C)c4)cc3)C2=O)cc1. The lowest BCUT2D eigenvalue weighted by molar-refractivity contribution is -0.127. The molecule has 0 atom stereocenters. The molecule has 1 aliphatic rings. The van der Waals surface area contributed by atoms with Crippen LogP contribution in [0, 0.1) is 20.8 Å². The van der Waals surface area contributed by atoms with Gasteiger partial charge >= 0.3 is 0 Å². The Morgan fingerprint density at radius 2 is 1.50 bits per heavy atom. The molecule has 0 aliphatic carbocycles. The Hall–Kier alpha value is -4.37. The topological polar surface area (TPSA) is 105 Å². The highest BCUT2D eigenvalue weighted by Gasteiger charge is 2.36. The highest BCUT2D eigenvalue weighted by Crippen LogP contribution is 2.32. The first kappa shape index (κ1) is 26.7. The number of hydrogen-bond acceptors (Lipinski definition) is 6. The summed E-state index contributed by atoms with van der Waals surface area (Å²) in [5.74, 6) is -0.779. The second-order valence-corrected chi connectivity index (χ2v) is 9.88. The van der Waals surface area contributed by atoms with Gasteiger partial charge in [-0.15, -0.1) is 0 Å². The Kier molecular flexibility index (Phi) is 8.28. The van der Waals surface area contributed by atoms with Gasteiger partial charge in [-0.1, -0.05) is 35.9 Å². The molecule has 8 nitrogen and oxygen atoms in total. The quantitative estimate of drug-likeness (QED) is 0.384. The van der Waals surface area contributed by atoms with Gasteiger partial charge in [-0.3, -0.25) is 24.1 Å². The van der Waals surface area contributed by atoms with Crippen molar-refractivity contribution in [3.8, 4) is 5.75 Å². The number of aryl methyl sites for hydroxylation is 3. The van der Waals surface area contributed by atoms with Gasteiger partial charge in [-0.25, -0.2) is 0 Å². The van der Waals surface area contributed by atoms with Crippen LogP contribution in [-0.4, -0.2) is 41.0 Å². The second-order valence-electron chi connectivity index (χ2n) is 8.89. The number of nitrogens with one attached hydrogen (secondary N) is 2. The fraction of sp³-hybridized carbons (Fsp3) is 0.172. The summed E-state index contributed by atoms with van der Waals surface area (Å²) in [6.07, 6.45) is 1.58. The molecule has 38 heavy (non-hydrogen) atoms. The number of carbonyl (C=O) groups is 4. The maximum Gasteiger partial charge on any atom is 0.294 e. The van der Waals surface area contributed by atoms with Crippen LogP contribution in [0.2, 0.25) is 0 Å². The summed E-state index contributed by atoms with van der Waals surface area (Å²) < 4.78 is 5.56. The number of carbonyl (C=O) groups excluding carboxylic acids is 4. The van der Waals surface area contributed by atoms with Gasteiger partial charge in [-0.05, 0) is 91.7 Å². The maximum absolute atomic E-state index is 12.8. The third-order valence-corrected chi connectivity index (χ3v) is 6.76. The molecule has 3 aromatic rings. The molecule has 0 aromatic heterocycles. The molecule has 0 radical (unpaired) electrons. The summed E-state index contributed by atoms with van der Waals surface area (Å²) >= 11 is 0.782. The van der Waals surface area contributed by atoms with E-state index in [1.165, 1.54) is 0 Å². The first-order valence-corrected chi connectivity index (χ1v) is 12.7. The summed E-state index contributed by atoms with van der Waals surface area (Å²) in [4.78, 5) is 50.9. The zero-order valence-corrected chi connectivity index (χ0v) is 22.1. The van der Waals surface area contributed by atoms with Gasteiger partial charge in [0.2, 0.25) is 5.91 Å². The van der Waals surface area contributed by atoms with Crippen LogP contribution in [-0.2, 0) is 14.4 Å². The van der Waals surface area contributed by atoms with Gasteiger partial charge < -0.3 is 15.4 Å². The van der Waals surface area contributed by atoms with Crippen molar-refractivity contribution >= 4 is 52.2 Å². The normalized spacial score (nSPS) is 14.1. The van der Waals surface area contributed by atoms with E-state index in [4.69, 9.17) is 4.74 Å². The first-order chi connectivity index (χ1) is 18.2. The number of rotatable bonds is 8. The predicted molar refractivity (Wildman–Crippen MR) is 149 cm³/mol. The number of benzene rings is 3. The average Bonchev–Trinajstić information content (AvgIpc) is 3.14. The number of nitrogens with zero attached hydrogens (tertiary/aromatic N) is 1. The Labute approximate surface area is 225 Å². The molecule has 9 heteroatoms. The lowest BCUT2D eigenvalue weighted by Crippen LogP contribution is -2.36. The van der Waals surface area contributed by atoms with Crippen LogP contribution in [0.1, 0.15) is 22.3 Å². The van der Waals surface area contributed by atoms with E-state index in [-0.39, 0.29) is 24.0 Å². The lowest BCUT2D eigenvalue weighted by atomic mass is 10.1. The van der Waals surface area contributed by atoms with Gasteiger partial charge in [0, 0.05) is 11.4 Å². The van der Waals surface area contributed by atoms with Crippen LogP contribution < -0.4 is 15.4 Å². The molecule has 1 heterocycles. The Morgan fingerprint density at radius 1 is 0.842 bits per heavy atom. The molecule has 0 bridgehead atoms. The molecule has 0 unspecified atom stereocenters. The molecular weight excluding hydrogens is 502 g/mol. The van der Waals surface area contributed by atoms with Crippen molar-refractivity contribution in [1.29, 1.82) is 0 Å². The fourth-order valence-corrected chi connectivity index (χ4v) is 4.43. The van der Waals surface area contributed by atoms with Crippen LogP contribution >= 0.6 is 11.8 Å². The zero-order valence-electron chi connectivity index (χ0n) is 21.2. The highest BCUT2D eigenvalue weighted by atomic mass is 32.2.